The molecule has 138 valence electrons. The molecule has 1 aliphatic heterocycles. The number of anilines is 1. The Bertz CT molecular complexity index is 878. The maximum Gasteiger partial charge on any atom is 0.260 e. The minimum Gasteiger partial charge on any atom is -0.392 e. The smallest absolute Gasteiger partial charge is 0.260 e. The Balaban J connectivity index is 2.11. The van der Waals surface area contributed by atoms with E-state index in [1.807, 2.05) is 4.90 Å². The summed E-state index contributed by atoms with van der Waals surface area (Å²) in [6, 6.07) is 5.24. The van der Waals surface area contributed by atoms with Gasteiger partial charge in [-0.05, 0) is 18.2 Å². The molecular formula is C17H19FN4O4. The number of morpholine rings is 1. The molecule has 0 atom stereocenters. The lowest BCUT2D eigenvalue weighted by molar-refractivity contribution is -0.117. The number of amides is 1. The molecule has 26 heavy (non-hydrogen) atoms. The number of hydrogen-bond donors (Lipinski definition) is 2. The molecular weight excluding hydrogens is 343 g/mol. The Morgan fingerprint density at radius 1 is 1.31 bits per heavy atom. The zero-order chi connectivity index (χ0) is 18.7. The summed E-state index contributed by atoms with van der Waals surface area (Å²) in [5.74, 6) is -0.634. The highest BCUT2D eigenvalue weighted by Gasteiger charge is 2.18. The highest BCUT2D eigenvalue weighted by atomic mass is 19.1. The molecule has 1 aromatic heterocycles. The summed E-state index contributed by atoms with van der Waals surface area (Å²) in [6.07, 6.45) is -0.251. The number of primary amides is 1. The molecule has 2 heterocycles. The predicted molar refractivity (Wildman–Crippen MR) is 91.6 cm³/mol. The van der Waals surface area contributed by atoms with Crippen LogP contribution in [0, 0.1) is 5.82 Å². The average Bonchev–Trinajstić information content (AvgIpc) is 2.62. The van der Waals surface area contributed by atoms with Crippen LogP contribution >= 0.6 is 0 Å². The quantitative estimate of drug-likeness (QED) is 0.757. The van der Waals surface area contributed by atoms with Crippen LogP contribution in [0.2, 0.25) is 0 Å². The van der Waals surface area contributed by atoms with Gasteiger partial charge in [0.25, 0.3) is 5.56 Å². The summed E-state index contributed by atoms with van der Waals surface area (Å²) in [4.78, 5) is 30.5. The van der Waals surface area contributed by atoms with Gasteiger partial charge in [0.2, 0.25) is 5.91 Å². The molecule has 2 aromatic rings. The zero-order valence-electron chi connectivity index (χ0n) is 14.0. The van der Waals surface area contributed by atoms with Crippen molar-refractivity contribution in [1.29, 1.82) is 0 Å². The molecule has 0 unspecified atom stereocenters. The van der Waals surface area contributed by atoms with Gasteiger partial charge in [0, 0.05) is 24.7 Å². The van der Waals surface area contributed by atoms with Crippen molar-refractivity contribution in [2.24, 2.45) is 5.73 Å². The van der Waals surface area contributed by atoms with Crippen LogP contribution in [0.5, 0.6) is 0 Å². The van der Waals surface area contributed by atoms with Crippen molar-refractivity contribution in [2.75, 3.05) is 31.2 Å². The fraction of sp³-hybridized carbons (Fsp3) is 0.353. The van der Waals surface area contributed by atoms with Crippen molar-refractivity contribution in [1.82, 2.24) is 9.55 Å². The highest BCUT2D eigenvalue weighted by Crippen LogP contribution is 2.17. The topological polar surface area (TPSA) is 111 Å². The maximum absolute atomic E-state index is 13.6. The standard InChI is InChI=1S/C17H19FN4O4/c18-13-2-1-12(7-11(13)10-23)22-16(8-14(19)24)20-15(9-17(22)25)21-3-5-26-6-4-21/h1-2,7,9,23H,3-6,8,10H2,(H2,19,24). The molecule has 1 saturated heterocycles. The van der Waals surface area contributed by atoms with E-state index in [2.05, 4.69) is 4.98 Å². The molecule has 1 fully saturated rings. The van der Waals surface area contributed by atoms with Crippen LogP contribution in [0.3, 0.4) is 0 Å². The molecule has 0 bridgehead atoms. The lowest BCUT2D eigenvalue weighted by Gasteiger charge is -2.28. The maximum atomic E-state index is 13.6. The van der Waals surface area contributed by atoms with E-state index in [0.717, 1.165) is 6.07 Å². The number of carbonyl (C=O) groups is 1. The van der Waals surface area contributed by atoms with Gasteiger partial charge in [0.05, 0.1) is 31.9 Å². The molecule has 9 heteroatoms. The molecule has 1 aromatic carbocycles. The van der Waals surface area contributed by atoms with Crippen LogP contribution < -0.4 is 16.2 Å². The van der Waals surface area contributed by atoms with Gasteiger partial charge < -0.3 is 20.5 Å². The van der Waals surface area contributed by atoms with Gasteiger partial charge in [-0.2, -0.15) is 0 Å². The monoisotopic (exact) mass is 362 g/mol. The number of aliphatic hydroxyl groups is 1. The number of nitrogens with zero attached hydrogens (tertiary/aromatic N) is 3. The van der Waals surface area contributed by atoms with Gasteiger partial charge in [0.15, 0.2) is 0 Å². The van der Waals surface area contributed by atoms with Crippen LogP contribution in [-0.4, -0.2) is 46.9 Å². The Morgan fingerprint density at radius 2 is 2.04 bits per heavy atom. The normalized spacial score (nSPS) is 14.5. The van der Waals surface area contributed by atoms with Crippen molar-refractivity contribution < 1.29 is 19.0 Å². The van der Waals surface area contributed by atoms with Crippen molar-refractivity contribution >= 4 is 11.7 Å². The summed E-state index contributed by atoms with van der Waals surface area (Å²) in [7, 11) is 0. The van der Waals surface area contributed by atoms with Gasteiger partial charge in [-0.15, -0.1) is 0 Å². The van der Waals surface area contributed by atoms with E-state index in [1.165, 1.54) is 22.8 Å². The number of nitrogens with two attached hydrogens (primary N) is 1. The minimum absolute atomic E-state index is 0.0386. The van der Waals surface area contributed by atoms with Gasteiger partial charge >= 0.3 is 0 Å². The number of carbonyl (C=O) groups excluding carboxylic acids is 1. The Labute approximate surface area is 148 Å². The van der Waals surface area contributed by atoms with E-state index in [4.69, 9.17) is 10.5 Å². The van der Waals surface area contributed by atoms with Gasteiger partial charge in [0.1, 0.15) is 17.5 Å². The summed E-state index contributed by atoms with van der Waals surface area (Å²) in [5.41, 5.74) is 5.22. The molecule has 1 aliphatic rings. The molecule has 3 N–H and O–H groups in total. The van der Waals surface area contributed by atoms with Crippen molar-refractivity contribution in [3.05, 3.63) is 51.8 Å². The number of aromatic nitrogens is 2. The molecule has 8 nitrogen and oxygen atoms in total. The summed E-state index contributed by atoms with van der Waals surface area (Å²) in [6.45, 7) is 1.69. The van der Waals surface area contributed by atoms with Crippen LogP contribution in [0.1, 0.15) is 11.4 Å². The Hall–Kier alpha value is -2.78. The highest BCUT2D eigenvalue weighted by molar-refractivity contribution is 5.76. The molecule has 0 saturated carbocycles. The third kappa shape index (κ3) is 3.73. The second-order valence-corrected chi connectivity index (χ2v) is 5.88. The minimum atomic E-state index is -0.644. The second kappa shape index (κ2) is 7.63. The SMILES string of the molecule is NC(=O)Cc1nc(N2CCOCC2)cc(=O)n1-c1ccc(F)c(CO)c1. The van der Waals surface area contributed by atoms with Crippen LogP contribution in [0.25, 0.3) is 5.69 Å². The molecule has 0 radical (unpaired) electrons. The fourth-order valence-corrected chi connectivity index (χ4v) is 2.84. The molecule has 1 amide bonds. The number of rotatable bonds is 5. The lowest BCUT2D eigenvalue weighted by atomic mass is 10.2. The lowest BCUT2D eigenvalue weighted by Crippen LogP contribution is -2.38. The van der Waals surface area contributed by atoms with Gasteiger partial charge in [-0.3, -0.25) is 14.2 Å². The molecule has 3 rings (SSSR count). The number of benzene rings is 1. The third-order valence-electron chi connectivity index (χ3n) is 4.10. The van der Waals surface area contributed by atoms with Crippen LogP contribution in [-0.2, 0) is 22.6 Å². The predicted octanol–water partition coefficient (Wildman–Crippen LogP) is -0.272. The van der Waals surface area contributed by atoms with Crippen LogP contribution in [0.15, 0.2) is 29.1 Å². The Kier molecular flexibility index (Phi) is 5.29. The van der Waals surface area contributed by atoms with Gasteiger partial charge in [-0.25, -0.2) is 9.37 Å². The number of halogens is 1. The fourth-order valence-electron chi connectivity index (χ4n) is 2.84. The number of ether oxygens (including phenoxy) is 1. The first kappa shape index (κ1) is 18.0. The number of hydrogen-bond acceptors (Lipinski definition) is 6. The van der Waals surface area contributed by atoms with E-state index >= 15 is 0 Å². The van der Waals surface area contributed by atoms with Crippen molar-refractivity contribution in [3.63, 3.8) is 0 Å². The van der Waals surface area contributed by atoms with E-state index in [1.54, 1.807) is 0 Å². The van der Waals surface area contributed by atoms with Crippen molar-refractivity contribution in [3.8, 4) is 5.69 Å². The molecule has 0 spiro atoms. The van der Waals surface area contributed by atoms with E-state index in [9.17, 15) is 19.1 Å². The van der Waals surface area contributed by atoms with E-state index in [-0.39, 0.29) is 17.8 Å². The second-order valence-electron chi connectivity index (χ2n) is 5.88. The first-order valence-electron chi connectivity index (χ1n) is 8.13. The zero-order valence-corrected chi connectivity index (χ0v) is 14.0. The first-order chi connectivity index (χ1) is 12.5. The first-order valence-corrected chi connectivity index (χ1v) is 8.13. The van der Waals surface area contributed by atoms with Crippen molar-refractivity contribution in [2.45, 2.75) is 13.0 Å². The largest absolute Gasteiger partial charge is 0.392 e. The summed E-state index contributed by atoms with van der Waals surface area (Å²) in [5, 5.41) is 9.25. The summed E-state index contributed by atoms with van der Waals surface area (Å²) >= 11 is 0. The Morgan fingerprint density at radius 3 is 2.69 bits per heavy atom. The average molecular weight is 362 g/mol. The molecule has 0 aliphatic carbocycles. The third-order valence-corrected chi connectivity index (χ3v) is 4.10. The van der Waals surface area contributed by atoms with E-state index in [0.29, 0.717) is 37.8 Å². The summed E-state index contributed by atoms with van der Waals surface area (Å²) < 4.78 is 20.1. The van der Waals surface area contributed by atoms with Crippen LogP contribution in [0.4, 0.5) is 10.2 Å². The van der Waals surface area contributed by atoms with Gasteiger partial charge in [-0.1, -0.05) is 0 Å². The van der Waals surface area contributed by atoms with E-state index < -0.39 is 23.9 Å². The number of aliphatic hydroxyl groups excluding tert-OH is 1.